The molecule has 5 nitrogen and oxygen atoms in total. The highest BCUT2D eigenvalue weighted by Crippen LogP contribution is 2.21. The Morgan fingerprint density at radius 1 is 0.957 bits per heavy atom. The molecule has 0 radical (unpaired) electrons. The lowest BCUT2D eigenvalue weighted by atomic mass is 10.1. The molecule has 0 unspecified atom stereocenters. The third-order valence-electron chi connectivity index (χ3n) is 3.16. The Morgan fingerprint density at radius 2 is 1.65 bits per heavy atom. The van der Waals surface area contributed by atoms with Gasteiger partial charge in [0.25, 0.3) is 5.91 Å². The molecule has 5 heteroatoms. The Bertz CT molecular complexity index is 698. The minimum absolute atomic E-state index is 0.0739. The van der Waals surface area contributed by atoms with E-state index in [1.54, 1.807) is 49.4 Å². The van der Waals surface area contributed by atoms with Gasteiger partial charge in [-0.2, -0.15) is 0 Å². The third kappa shape index (κ3) is 4.57. The van der Waals surface area contributed by atoms with Gasteiger partial charge in [-0.25, -0.2) is 0 Å². The maximum Gasteiger partial charge on any atom is 0.259 e. The Morgan fingerprint density at radius 3 is 2.35 bits per heavy atom. The van der Waals surface area contributed by atoms with Gasteiger partial charge in [-0.3, -0.25) is 9.59 Å². The minimum Gasteiger partial charge on any atom is -0.493 e. The van der Waals surface area contributed by atoms with Crippen molar-refractivity contribution in [3.63, 3.8) is 0 Å². The maximum atomic E-state index is 12.4. The predicted octanol–water partition coefficient (Wildman–Crippen LogP) is 3.69. The van der Waals surface area contributed by atoms with Crippen molar-refractivity contribution < 1.29 is 14.3 Å². The summed E-state index contributed by atoms with van der Waals surface area (Å²) in [6.45, 7) is 4.14. The topological polar surface area (TPSA) is 67.4 Å². The second-order valence-corrected chi connectivity index (χ2v) is 4.87. The van der Waals surface area contributed by atoms with Crippen LogP contribution in [-0.2, 0) is 4.79 Å². The summed E-state index contributed by atoms with van der Waals surface area (Å²) in [6, 6.07) is 14.1. The van der Waals surface area contributed by atoms with Crippen LogP contribution in [0.2, 0.25) is 0 Å². The van der Waals surface area contributed by atoms with Crippen LogP contribution in [0.15, 0.2) is 48.5 Å². The molecule has 0 aromatic heterocycles. The van der Waals surface area contributed by atoms with Crippen LogP contribution in [0.3, 0.4) is 0 Å². The summed E-state index contributed by atoms with van der Waals surface area (Å²) in [5, 5.41) is 5.58. The molecule has 0 fully saturated rings. The highest BCUT2D eigenvalue weighted by atomic mass is 16.5. The van der Waals surface area contributed by atoms with E-state index in [9.17, 15) is 9.59 Å². The SMILES string of the molecule is CCOc1ccccc1C(=O)Nc1cccc(NC(=O)CC)c1. The van der Waals surface area contributed by atoms with Gasteiger partial charge < -0.3 is 15.4 Å². The largest absolute Gasteiger partial charge is 0.493 e. The average molecular weight is 312 g/mol. The van der Waals surface area contributed by atoms with Crippen LogP contribution in [0, 0.1) is 0 Å². The molecule has 0 spiro atoms. The van der Waals surface area contributed by atoms with E-state index in [1.807, 2.05) is 13.0 Å². The zero-order valence-electron chi connectivity index (χ0n) is 13.3. The Labute approximate surface area is 135 Å². The van der Waals surface area contributed by atoms with E-state index in [4.69, 9.17) is 4.74 Å². The number of amides is 2. The number of rotatable bonds is 6. The third-order valence-corrected chi connectivity index (χ3v) is 3.16. The van der Waals surface area contributed by atoms with E-state index in [0.29, 0.717) is 35.7 Å². The van der Waals surface area contributed by atoms with Gasteiger partial charge in [-0.1, -0.05) is 25.1 Å². The van der Waals surface area contributed by atoms with Crippen molar-refractivity contribution in [1.29, 1.82) is 0 Å². The van der Waals surface area contributed by atoms with Gasteiger partial charge in [-0.15, -0.1) is 0 Å². The summed E-state index contributed by atoms with van der Waals surface area (Å²) in [5.41, 5.74) is 1.72. The fraction of sp³-hybridized carbons (Fsp3) is 0.222. The summed E-state index contributed by atoms with van der Waals surface area (Å²) in [6.07, 6.45) is 0.401. The number of anilines is 2. The Balaban J connectivity index is 2.14. The molecule has 0 aliphatic rings. The number of benzene rings is 2. The van der Waals surface area contributed by atoms with Crippen molar-refractivity contribution in [2.75, 3.05) is 17.2 Å². The van der Waals surface area contributed by atoms with Crippen LogP contribution in [0.1, 0.15) is 30.6 Å². The van der Waals surface area contributed by atoms with Gasteiger partial charge in [0, 0.05) is 17.8 Å². The van der Waals surface area contributed by atoms with Gasteiger partial charge in [0.2, 0.25) is 5.91 Å². The lowest BCUT2D eigenvalue weighted by Crippen LogP contribution is -2.14. The molecule has 0 saturated heterocycles. The van der Waals surface area contributed by atoms with Crippen molar-refractivity contribution in [2.45, 2.75) is 20.3 Å². The first-order chi connectivity index (χ1) is 11.1. The van der Waals surface area contributed by atoms with Crippen molar-refractivity contribution >= 4 is 23.2 Å². The summed E-state index contributed by atoms with van der Waals surface area (Å²) >= 11 is 0. The molecule has 2 aromatic rings. The molecule has 2 aromatic carbocycles. The summed E-state index contributed by atoms with van der Waals surface area (Å²) < 4.78 is 5.47. The number of nitrogens with one attached hydrogen (secondary N) is 2. The zero-order chi connectivity index (χ0) is 16.7. The number of ether oxygens (including phenoxy) is 1. The van der Waals surface area contributed by atoms with Crippen molar-refractivity contribution in [1.82, 2.24) is 0 Å². The van der Waals surface area contributed by atoms with E-state index in [-0.39, 0.29) is 11.8 Å². The fourth-order valence-corrected chi connectivity index (χ4v) is 2.06. The molecule has 0 saturated carbocycles. The number of hydrogen-bond donors (Lipinski definition) is 2. The zero-order valence-corrected chi connectivity index (χ0v) is 13.3. The first-order valence-corrected chi connectivity index (χ1v) is 7.57. The molecule has 120 valence electrons. The number of hydrogen-bond acceptors (Lipinski definition) is 3. The van der Waals surface area contributed by atoms with Crippen LogP contribution >= 0.6 is 0 Å². The Kier molecular flexibility index (Phi) is 5.74. The predicted molar refractivity (Wildman–Crippen MR) is 90.9 cm³/mol. The van der Waals surface area contributed by atoms with Crippen LogP contribution in [0.5, 0.6) is 5.75 Å². The first kappa shape index (κ1) is 16.5. The lowest BCUT2D eigenvalue weighted by molar-refractivity contribution is -0.115. The highest BCUT2D eigenvalue weighted by molar-refractivity contribution is 6.06. The lowest BCUT2D eigenvalue weighted by Gasteiger charge is -2.11. The molecule has 0 aliphatic heterocycles. The average Bonchev–Trinajstić information content (AvgIpc) is 2.56. The van der Waals surface area contributed by atoms with Gasteiger partial charge in [0.1, 0.15) is 5.75 Å². The maximum absolute atomic E-state index is 12.4. The van der Waals surface area contributed by atoms with E-state index < -0.39 is 0 Å². The molecule has 0 aliphatic carbocycles. The second-order valence-electron chi connectivity index (χ2n) is 4.87. The van der Waals surface area contributed by atoms with Crippen LogP contribution < -0.4 is 15.4 Å². The normalized spacial score (nSPS) is 10.0. The molecule has 2 rings (SSSR count). The molecule has 23 heavy (non-hydrogen) atoms. The number of carbonyl (C=O) groups excluding carboxylic acids is 2. The van der Waals surface area contributed by atoms with E-state index in [1.165, 1.54) is 0 Å². The van der Waals surface area contributed by atoms with Gasteiger partial charge in [-0.05, 0) is 37.3 Å². The van der Waals surface area contributed by atoms with Crippen LogP contribution in [-0.4, -0.2) is 18.4 Å². The smallest absolute Gasteiger partial charge is 0.259 e. The van der Waals surface area contributed by atoms with Gasteiger partial charge >= 0.3 is 0 Å². The summed E-state index contributed by atoms with van der Waals surface area (Å²) in [7, 11) is 0. The van der Waals surface area contributed by atoms with Crippen molar-refractivity contribution in [2.24, 2.45) is 0 Å². The monoisotopic (exact) mass is 312 g/mol. The molecule has 2 N–H and O–H groups in total. The fourth-order valence-electron chi connectivity index (χ4n) is 2.06. The molecule has 2 amide bonds. The standard InChI is InChI=1S/C18H20N2O3/c1-3-17(21)19-13-8-7-9-14(12-13)20-18(22)15-10-5-6-11-16(15)23-4-2/h5-12H,3-4H2,1-2H3,(H,19,21)(H,20,22). The molecule has 0 atom stereocenters. The molecular formula is C18H20N2O3. The van der Waals surface area contributed by atoms with E-state index >= 15 is 0 Å². The summed E-state index contributed by atoms with van der Waals surface area (Å²) in [4.78, 5) is 23.9. The molecule has 0 bridgehead atoms. The minimum atomic E-state index is -0.256. The first-order valence-electron chi connectivity index (χ1n) is 7.57. The summed E-state index contributed by atoms with van der Waals surface area (Å²) in [5.74, 6) is 0.214. The van der Waals surface area contributed by atoms with Crippen molar-refractivity contribution in [3.8, 4) is 5.75 Å². The number of para-hydroxylation sites is 1. The van der Waals surface area contributed by atoms with E-state index in [2.05, 4.69) is 10.6 Å². The number of carbonyl (C=O) groups is 2. The molecular weight excluding hydrogens is 292 g/mol. The van der Waals surface area contributed by atoms with Crippen molar-refractivity contribution in [3.05, 3.63) is 54.1 Å². The van der Waals surface area contributed by atoms with Crippen LogP contribution in [0.4, 0.5) is 11.4 Å². The highest BCUT2D eigenvalue weighted by Gasteiger charge is 2.12. The van der Waals surface area contributed by atoms with Crippen LogP contribution in [0.25, 0.3) is 0 Å². The van der Waals surface area contributed by atoms with E-state index in [0.717, 1.165) is 0 Å². The van der Waals surface area contributed by atoms with Gasteiger partial charge in [0.15, 0.2) is 0 Å². The Hall–Kier alpha value is -2.82. The second kappa shape index (κ2) is 7.98. The quantitative estimate of drug-likeness (QED) is 0.855. The van der Waals surface area contributed by atoms with Gasteiger partial charge in [0.05, 0.1) is 12.2 Å². The molecule has 0 heterocycles.